The van der Waals surface area contributed by atoms with Crippen molar-refractivity contribution < 1.29 is 18.4 Å². The molecule has 0 saturated carbocycles. The summed E-state index contributed by atoms with van der Waals surface area (Å²) in [5.41, 5.74) is 10.3. The van der Waals surface area contributed by atoms with Crippen molar-refractivity contribution in [2.75, 3.05) is 11.1 Å². The van der Waals surface area contributed by atoms with Crippen LogP contribution < -0.4 is 15.7 Å². The Kier molecular flexibility index (Phi) is 6.07. The van der Waals surface area contributed by atoms with Gasteiger partial charge in [-0.3, -0.25) is 14.6 Å². The van der Waals surface area contributed by atoms with Gasteiger partial charge in [-0.15, -0.1) is 11.3 Å². The standard InChI is InChI=1S/C28H17ClFN5O2S/c29-18-11-9-16(10-12-18)22-14-21(17-5-4-6-19(30)13-17)24-25(31)26(38-28(24)32-22)27(36)33-23-15-35(34-37-23)20-7-2-1-3-8-20/h1-15H,(H2-,31,33,34,36)/p+1. The third-order valence-corrected chi connectivity index (χ3v) is 7.26. The molecule has 38 heavy (non-hydrogen) atoms. The average Bonchev–Trinajstić information content (AvgIpc) is 3.53. The van der Waals surface area contributed by atoms with Gasteiger partial charge in [-0.1, -0.05) is 54.1 Å². The maximum Gasteiger partial charge on any atom is 0.303 e. The van der Waals surface area contributed by atoms with Crippen LogP contribution in [0.15, 0.2) is 95.6 Å². The molecule has 10 heteroatoms. The van der Waals surface area contributed by atoms with Gasteiger partial charge in [0.15, 0.2) is 0 Å². The Bertz CT molecular complexity index is 1800. The zero-order chi connectivity index (χ0) is 26.2. The van der Waals surface area contributed by atoms with Crippen LogP contribution in [0.1, 0.15) is 9.67 Å². The van der Waals surface area contributed by atoms with Crippen LogP contribution in [0.4, 0.5) is 16.0 Å². The van der Waals surface area contributed by atoms with Crippen molar-refractivity contribution in [3.05, 3.63) is 107 Å². The van der Waals surface area contributed by atoms with Crippen LogP contribution in [0.25, 0.3) is 38.3 Å². The van der Waals surface area contributed by atoms with Crippen LogP contribution in [0.2, 0.25) is 5.02 Å². The molecule has 6 aromatic rings. The smallest absolute Gasteiger partial charge is 0.303 e. The molecule has 0 unspecified atom stereocenters. The molecule has 0 saturated heterocycles. The number of hydrogen-bond donors (Lipinski definition) is 2. The van der Waals surface area contributed by atoms with Crippen LogP contribution in [0.3, 0.4) is 0 Å². The van der Waals surface area contributed by atoms with Crippen LogP contribution in [0, 0.1) is 5.82 Å². The number of carbonyl (C=O) groups is 1. The Morgan fingerprint density at radius 3 is 2.55 bits per heavy atom. The molecule has 3 aromatic heterocycles. The van der Waals surface area contributed by atoms with E-state index in [0.29, 0.717) is 32.1 Å². The van der Waals surface area contributed by atoms with E-state index in [2.05, 4.69) is 10.6 Å². The molecular weight excluding hydrogens is 525 g/mol. The summed E-state index contributed by atoms with van der Waals surface area (Å²) >= 11 is 7.21. The number of nitrogens with two attached hydrogens (primary N) is 1. The molecule has 7 nitrogen and oxygen atoms in total. The molecule has 1 amide bonds. The molecule has 3 N–H and O–H groups in total. The number of para-hydroxylation sites is 1. The van der Waals surface area contributed by atoms with Gasteiger partial charge in [0.2, 0.25) is 11.0 Å². The minimum atomic E-state index is -0.472. The van der Waals surface area contributed by atoms with E-state index in [4.69, 9.17) is 26.8 Å². The fourth-order valence-electron chi connectivity index (χ4n) is 4.11. The van der Waals surface area contributed by atoms with Gasteiger partial charge in [-0.05, 0) is 46.1 Å². The number of nitrogen functional groups attached to an aromatic ring is 1. The number of nitrogens with one attached hydrogen (secondary N) is 1. The monoisotopic (exact) mass is 542 g/mol. The number of rotatable bonds is 5. The number of hydrogen-bond acceptors (Lipinski definition) is 6. The van der Waals surface area contributed by atoms with Crippen LogP contribution in [0.5, 0.6) is 0 Å². The zero-order valence-corrected chi connectivity index (χ0v) is 21.1. The topological polar surface area (TPSA) is 97.9 Å². The first-order chi connectivity index (χ1) is 18.5. The number of aromatic nitrogens is 3. The molecule has 0 bridgehead atoms. The van der Waals surface area contributed by atoms with E-state index >= 15 is 0 Å². The molecule has 0 aliphatic rings. The first-order valence-corrected chi connectivity index (χ1v) is 12.7. The Morgan fingerprint density at radius 1 is 1.00 bits per heavy atom. The molecule has 0 aliphatic carbocycles. The van der Waals surface area contributed by atoms with E-state index in [-0.39, 0.29) is 22.3 Å². The number of pyridine rings is 1. The number of halogens is 2. The van der Waals surface area contributed by atoms with Crippen molar-refractivity contribution in [2.24, 2.45) is 0 Å². The second-order valence-corrected chi connectivity index (χ2v) is 9.83. The summed E-state index contributed by atoms with van der Waals surface area (Å²) in [6, 6.07) is 24.6. The predicted octanol–water partition coefficient (Wildman–Crippen LogP) is 6.52. The summed E-state index contributed by atoms with van der Waals surface area (Å²) in [6.45, 7) is 0. The first-order valence-electron chi connectivity index (χ1n) is 11.5. The van der Waals surface area contributed by atoms with E-state index in [1.165, 1.54) is 16.8 Å². The van der Waals surface area contributed by atoms with E-state index < -0.39 is 5.91 Å². The molecule has 6 rings (SSSR count). The number of carbonyl (C=O) groups excluding carboxylic acids is 1. The zero-order valence-electron chi connectivity index (χ0n) is 19.6. The van der Waals surface area contributed by atoms with Gasteiger partial charge >= 0.3 is 5.88 Å². The van der Waals surface area contributed by atoms with Gasteiger partial charge < -0.3 is 5.73 Å². The van der Waals surface area contributed by atoms with Crippen LogP contribution in [-0.4, -0.2) is 16.2 Å². The van der Waals surface area contributed by atoms with Gasteiger partial charge in [-0.25, -0.2) is 9.37 Å². The highest BCUT2D eigenvalue weighted by Gasteiger charge is 2.24. The lowest BCUT2D eigenvalue weighted by atomic mass is 9.99. The third kappa shape index (κ3) is 4.49. The van der Waals surface area contributed by atoms with Crippen LogP contribution in [-0.2, 0) is 0 Å². The highest BCUT2D eigenvalue weighted by atomic mass is 35.5. The van der Waals surface area contributed by atoms with E-state index in [9.17, 15) is 9.18 Å². The average molecular weight is 543 g/mol. The van der Waals surface area contributed by atoms with Gasteiger partial charge in [0.05, 0.1) is 11.4 Å². The molecule has 0 fully saturated rings. The lowest BCUT2D eigenvalue weighted by Crippen LogP contribution is -2.31. The number of nitrogens with zero attached hydrogens (tertiary/aromatic N) is 3. The molecular formula is C28H18ClFN5O2S+. The summed E-state index contributed by atoms with van der Waals surface area (Å²) in [6.07, 6.45) is 1.56. The van der Waals surface area contributed by atoms with Gasteiger partial charge in [0, 0.05) is 28.1 Å². The molecule has 0 radical (unpaired) electrons. The van der Waals surface area contributed by atoms with Crippen molar-refractivity contribution in [3.8, 4) is 28.1 Å². The lowest BCUT2D eigenvalue weighted by molar-refractivity contribution is -0.670. The Hall–Kier alpha value is -4.60. The molecule has 0 spiro atoms. The quantitative estimate of drug-likeness (QED) is 0.242. The summed E-state index contributed by atoms with van der Waals surface area (Å²) in [7, 11) is 0. The molecule has 3 heterocycles. The third-order valence-electron chi connectivity index (χ3n) is 5.90. The first kappa shape index (κ1) is 23.8. The normalized spacial score (nSPS) is 11.1. The van der Waals surface area contributed by atoms with E-state index in [1.807, 2.05) is 48.5 Å². The van der Waals surface area contributed by atoms with Crippen LogP contribution >= 0.6 is 22.9 Å². The largest absolute Gasteiger partial charge is 0.397 e. The van der Waals surface area contributed by atoms with Crippen molar-refractivity contribution in [1.82, 2.24) is 10.3 Å². The minimum absolute atomic E-state index is 0.149. The van der Waals surface area contributed by atoms with Gasteiger partial charge in [0.1, 0.15) is 15.5 Å². The van der Waals surface area contributed by atoms with Crippen molar-refractivity contribution in [3.63, 3.8) is 0 Å². The summed E-state index contributed by atoms with van der Waals surface area (Å²) < 4.78 is 21.0. The fraction of sp³-hybridized carbons (Fsp3) is 0. The number of benzene rings is 3. The van der Waals surface area contributed by atoms with E-state index in [1.54, 1.807) is 30.5 Å². The van der Waals surface area contributed by atoms with Crippen molar-refractivity contribution in [1.29, 1.82) is 0 Å². The SMILES string of the molecule is Nc1c(C(=O)Nc2c[n+](-c3ccccc3)no2)sc2nc(-c3ccc(Cl)cc3)cc(-c3cccc(F)c3)c12. The highest BCUT2D eigenvalue weighted by molar-refractivity contribution is 7.21. The van der Waals surface area contributed by atoms with Crippen molar-refractivity contribution in [2.45, 2.75) is 0 Å². The number of amides is 1. The predicted molar refractivity (Wildman–Crippen MR) is 146 cm³/mol. The van der Waals surface area contributed by atoms with Gasteiger partial charge in [-0.2, -0.15) is 0 Å². The van der Waals surface area contributed by atoms with Crippen molar-refractivity contribution >= 4 is 50.6 Å². The summed E-state index contributed by atoms with van der Waals surface area (Å²) in [4.78, 5) is 18.8. The lowest BCUT2D eigenvalue weighted by Gasteiger charge is -2.09. The second kappa shape index (κ2) is 9.70. The molecule has 3 aromatic carbocycles. The molecule has 0 aliphatic heterocycles. The number of anilines is 2. The van der Waals surface area contributed by atoms with Gasteiger partial charge in [0.25, 0.3) is 12.1 Å². The minimum Gasteiger partial charge on any atom is -0.397 e. The second-order valence-electron chi connectivity index (χ2n) is 8.40. The van der Waals surface area contributed by atoms with E-state index in [0.717, 1.165) is 22.6 Å². The molecule has 0 atom stereocenters. The number of thiophene rings is 1. The maximum absolute atomic E-state index is 14.2. The summed E-state index contributed by atoms with van der Waals surface area (Å²) in [5.74, 6) is -0.708. The highest BCUT2D eigenvalue weighted by Crippen LogP contribution is 2.41. The fourth-order valence-corrected chi connectivity index (χ4v) is 5.26. The Morgan fingerprint density at radius 2 is 1.79 bits per heavy atom. The molecule has 186 valence electrons. The Labute approximate surface area is 224 Å². The summed E-state index contributed by atoms with van der Waals surface area (Å²) in [5, 5.41) is 7.83. The number of fused-ring (bicyclic) bond motifs is 1. The Balaban J connectivity index is 1.43. The maximum atomic E-state index is 14.2.